The molecule has 4 amide bonds. The molecule has 12 rings (SSSR count). The Bertz CT molecular complexity index is 3820. The summed E-state index contributed by atoms with van der Waals surface area (Å²) in [4.78, 5) is 97.8. The van der Waals surface area contributed by atoms with Gasteiger partial charge in [0.1, 0.15) is 11.5 Å². The number of carbonyl (C=O) groups excluding carboxylic acids is 6. The van der Waals surface area contributed by atoms with Crippen molar-refractivity contribution in [3.05, 3.63) is 189 Å². The molecule has 19 nitrogen and oxygen atoms in total. The van der Waals surface area contributed by atoms with Crippen LogP contribution >= 0.6 is 30.6 Å². The highest BCUT2D eigenvalue weighted by atomic mass is 35.5. The van der Waals surface area contributed by atoms with E-state index >= 15 is 0 Å². The summed E-state index contributed by atoms with van der Waals surface area (Å²) in [5.74, 6) is 3.75. The number of hydrogen-bond acceptors (Lipinski definition) is 13. The lowest BCUT2D eigenvalue weighted by Gasteiger charge is -2.44. The molecule has 4 atom stereocenters. The van der Waals surface area contributed by atoms with Crippen molar-refractivity contribution in [1.29, 1.82) is 0 Å². The van der Waals surface area contributed by atoms with Crippen molar-refractivity contribution in [1.82, 2.24) is 39.4 Å². The van der Waals surface area contributed by atoms with Crippen LogP contribution in [0, 0.1) is 0 Å². The Morgan fingerprint density at radius 2 is 0.883 bits per heavy atom. The first kappa shape index (κ1) is 68.7. The Labute approximate surface area is 558 Å². The molecule has 4 N–H and O–H groups in total. The van der Waals surface area contributed by atoms with Crippen LogP contribution in [0.15, 0.2) is 146 Å². The molecule has 22 heteroatoms. The smallest absolute Gasteiger partial charge is 0.295 e. The van der Waals surface area contributed by atoms with Gasteiger partial charge in [0.15, 0.2) is 0 Å². The maximum atomic E-state index is 14.0. The summed E-state index contributed by atoms with van der Waals surface area (Å²) in [6.07, 6.45) is 6.76. The van der Waals surface area contributed by atoms with Crippen molar-refractivity contribution in [3.63, 3.8) is 0 Å². The number of aromatic nitrogens is 2. The van der Waals surface area contributed by atoms with Crippen LogP contribution in [0.2, 0.25) is 10.0 Å². The SMILES string of the molecule is CCOc1cc2[nH]cc(C(=O)C(=O)N3CCCC3)c2cc1C(=O)N1C[C@H](C)N(Cc2cccc(Cl)c2)C[C@H]1C.CCOc1cc2[nH]cc(C(=O)C(=O)N3CCCC3)c2cc1C(=O)N1C[C@H](C)N(Cc2cccc(Cl)c2)C[C@H]1C.NOP(=O)(c1ccccc1)c1ccccc1. The number of benzene rings is 6. The third kappa shape index (κ3) is 15.5. The lowest BCUT2D eigenvalue weighted by Crippen LogP contribution is -2.57. The first-order valence-corrected chi connectivity index (χ1v) is 34.6. The number of nitrogens with zero attached hydrogens (tertiary/aromatic N) is 6. The lowest BCUT2D eigenvalue weighted by atomic mass is 10.0. The van der Waals surface area contributed by atoms with Gasteiger partial charge >= 0.3 is 0 Å². The van der Waals surface area contributed by atoms with Crippen molar-refractivity contribution < 1.29 is 47.4 Å². The van der Waals surface area contributed by atoms with E-state index in [4.69, 9.17) is 43.2 Å². The number of ether oxygens (including phenoxy) is 2. The second kappa shape index (κ2) is 31.0. The quantitative estimate of drug-likeness (QED) is 0.0334. The summed E-state index contributed by atoms with van der Waals surface area (Å²) in [7, 11) is -3.13. The number of H-pyrrole nitrogens is 2. The van der Waals surface area contributed by atoms with E-state index in [1.807, 2.05) is 110 Å². The van der Waals surface area contributed by atoms with Crippen LogP contribution in [-0.4, -0.2) is 164 Å². The molecular formula is C72H82Cl2N9O10P. The minimum atomic E-state index is -3.13. The second-order valence-corrected chi connectivity index (χ2v) is 27.7. The summed E-state index contributed by atoms with van der Waals surface area (Å²) < 4.78 is 29.2. The number of likely N-dealkylation sites (tertiary alicyclic amines) is 2. The van der Waals surface area contributed by atoms with Crippen LogP contribution in [0.5, 0.6) is 11.5 Å². The molecule has 6 aromatic carbocycles. The average molecular weight is 1340 g/mol. The molecule has 4 aliphatic heterocycles. The fourth-order valence-corrected chi connectivity index (χ4v) is 15.0. The van der Waals surface area contributed by atoms with Crippen molar-refractivity contribution >= 4 is 98.2 Å². The molecule has 2 aromatic heterocycles. The van der Waals surface area contributed by atoms with Crippen LogP contribution in [0.4, 0.5) is 0 Å². The van der Waals surface area contributed by atoms with Crippen LogP contribution in [0.1, 0.15) is 120 Å². The Balaban J connectivity index is 0.000000167. The summed E-state index contributed by atoms with van der Waals surface area (Å²) >= 11 is 12.4. The van der Waals surface area contributed by atoms with Crippen molar-refractivity contribution in [2.75, 3.05) is 65.6 Å². The predicted octanol–water partition coefficient (Wildman–Crippen LogP) is 11.3. The van der Waals surface area contributed by atoms with Crippen LogP contribution in [0.25, 0.3) is 21.8 Å². The fourth-order valence-electron chi connectivity index (χ4n) is 12.9. The van der Waals surface area contributed by atoms with E-state index < -0.39 is 30.7 Å². The zero-order valence-electron chi connectivity index (χ0n) is 54.0. The molecule has 0 aliphatic carbocycles. The van der Waals surface area contributed by atoms with E-state index in [1.165, 1.54) is 0 Å². The van der Waals surface area contributed by atoms with Gasteiger partial charge in [-0.25, -0.2) is 10.5 Å². The third-order valence-electron chi connectivity index (χ3n) is 17.9. The maximum absolute atomic E-state index is 14.0. The average Bonchev–Trinajstić information content (AvgIpc) is 1.38. The standard InChI is InChI=1S/2C30H35ClN4O4.C12H12NO2P/c2*1-4-39-27-14-26-23(25(15-32-26)28(36)30(38)33-10-5-6-11-33)13-24(27)29(37)35-17-19(2)34(16-20(35)3)18-21-8-7-9-22(31)12-21;13-15-16(14,11-7-3-1-4-8-11)12-9-5-2-6-10-12/h2*7-9,12-15,19-20,32H,4-6,10-11,16-18H2,1-3H3;1-10H,13H2/t2*19-,20+;/m00./s1. The zero-order chi connectivity index (χ0) is 66.8. The topological polar surface area (TPSA) is 224 Å². The van der Waals surface area contributed by atoms with E-state index in [0.29, 0.717) is 131 Å². The van der Waals surface area contributed by atoms with Gasteiger partial charge in [0.2, 0.25) is 0 Å². The van der Waals surface area contributed by atoms with Gasteiger partial charge in [-0.15, -0.1) is 0 Å². The molecular weight excluding hydrogens is 1250 g/mol. The zero-order valence-corrected chi connectivity index (χ0v) is 56.4. The molecule has 6 heterocycles. The Kier molecular flexibility index (Phi) is 22.6. The largest absolute Gasteiger partial charge is 0.493 e. The minimum Gasteiger partial charge on any atom is -0.493 e. The van der Waals surface area contributed by atoms with E-state index in [2.05, 4.69) is 45.7 Å². The number of amides is 4. The molecule has 0 radical (unpaired) electrons. The molecule has 4 fully saturated rings. The van der Waals surface area contributed by atoms with Crippen LogP contribution < -0.4 is 26.0 Å². The van der Waals surface area contributed by atoms with Crippen molar-refractivity contribution in [3.8, 4) is 11.5 Å². The van der Waals surface area contributed by atoms with Crippen LogP contribution in [-0.2, 0) is 31.9 Å². The third-order valence-corrected chi connectivity index (χ3v) is 20.7. The van der Waals surface area contributed by atoms with E-state index in [9.17, 15) is 33.3 Å². The van der Waals surface area contributed by atoms with Gasteiger partial charge in [-0.1, -0.05) is 83.9 Å². The van der Waals surface area contributed by atoms with Crippen LogP contribution in [0.3, 0.4) is 0 Å². The maximum Gasteiger partial charge on any atom is 0.295 e. The Morgan fingerprint density at radius 1 is 0.500 bits per heavy atom. The Morgan fingerprint density at radius 3 is 1.23 bits per heavy atom. The molecule has 0 bridgehead atoms. The fraction of sp³-hybridized carbons (Fsp3) is 0.361. The minimum absolute atomic E-state index is 0.0397. The summed E-state index contributed by atoms with van der Waals surface area (Å²) in [5.41, 5.74) is 4.94. The number of hydrogen-bond donors (Lipinski definition) is 3. The molecule has 8 aromatic rings. The van der Waals surface area contributed by atoms with E-state index in [-0.39, 0.29) is 47.1 Å². The highest BCUT2D eigenvalue weighted by Gasteiger charge is 2.38. The Hall–Kier alpha value is -8.13. The van der Waals surface area contributed by atoms with Gasteiger partial charge in [-0.05, 0) is 139 Å². The van der Waals surface area contributed by atoms with E-state index in [1.54, 1.807) is 70.7 Å². The first-order chi connectivity index (χ1) is 45.3. The number of carbonyl (C=O) groups is 6. The lowest BCUT2D eigenvalue weighted by molar-refractivity contribution is -0.126. The number of ketones is 2. The second-order valence-electron chi connectivity index (χ2n) is 24.5. The monoisotopic (exact) mass is 1330 g/mol. The van der Waals surface area contributed by atoms with Gasteiger partial charge < -0.3 is 39.0 Å². The van der Waals surface area contributed by atoms with Gasteiger partial charge in [0.25, 0.3) is 42.6 Å². The first-order valence-electron chi connectivity index (χ1n) is 32.2. The molecule has 0 spiro atoms. The van der Waals surface area contributed by atoms with Crippen molar-refractivity contribution in [2.45, 2.75) is 104 Å². The highest BCUT2D eigenvalue weighted by Crippen LogP contribution is 2.42. The normalized spacial score (nSPS) is 18.5. The molecule has 4 aliphatic rings. The van der Waals surface area contributed by atoms with Gasteiger partial charge in [0.05, 0.1) is 35.5 Å². The number of piperazine rings is 2. The molecule has 0 saturated carbocycles. The predicted molar refractivity (Wildman–Crippen MR) is 368 cm³/mol. The van der Waals surface area contributed by atoms with Gasteiger partial charge in [-0.2, -0.15) is 0 Å². The number of nitrogens with two attached hydrogens (primary N) is 1. The highest BCUT2D eigenvalue weighted by molar-refractivity contribution is 7.74. The van der Waals surface area contributed by atoms with Crippen molar-refractivity contribution in [2.24, 2.45) is 5.90 Å². The molecule has 4 saturated heterocycles. The number of Topliss-reactive ketones (excluding diaryl/α,β-unsaturated/α-hetero) is 2. The number of nitrogens with one attached hydrogen (secondary N) is 2. The summed E-state index contributed by atoms with van der Waals surface area (Å²) in [5, 5.41) is 3.74. The molecule has 494 valence electrons. The number of fused-ring (bicyclic) bond motifs is 2. The summed E-state index contributed by atoms with van der Waals surface area (Å²) in [6, 6.07) is 40.8. The number of rotatable bonds is 17. The number of halogens is 2. The molecule has 0 unspecified atom stereocenters. The van der Waals surface area contributed by atoms with E-state index in [0.717, 1.165) is 49.9 Å². The van der Waals surface area contributed by atoms with Gasteiger partial charge in [-0.3, -0.25) is 43.1 Å². The number of aromatic amines is 2. The summed E-state index contributed by atoms with van der Waals surface area (Å²) in [6.45, 7) is 19.3. The van der Waals surface area contributed by atoms with Gasteiger partial charge in [0, 0.05) is 157 Å². The molecule has 94 heavy (non-hydrogen) atoms.